The summed E-state index contributed by atoms with van der Waals surface area (Å²) in [6.07, 6.45) is 6.48. The highest BCUT2D eigenvalue weighted by atomic mass is 32.2. The number of fused-ring (bicyclic) bond motifs is 1. The molecule has 2 aromatic rings. The minimum absolute atomic E-state index is 0.0484. The van der Waals surface area contributed by atoms with Gasteiger partial charge < -0.3 is 30.5 Å². The van der Waals surface area contributed by atoms with Crippen LogP contribution in [0, 0.1) is 5.41 Å². The zero-order chi connectivity index (χ0) is 30.4. The van der Waals surface area contributed by atoms with Gasteiger partial charge in [0.1, 0.15) is 35.2 Å². The Balaban J connectivity index is 1.49. The first-order chi connectivity index (χ1) is 20.0. The molecule has 42 heavy (non-hydrogen) atoms. The predicted octanol–water partition coefficient (Wildman–Crippen LogP) is 1.68. The fourth-order valence-corrected chi connectivity index (χ4v) is 5.63. The lowest BCUT2D eigenvalue weighted by molar-refractivity contribution is -0.173. The molecule has 0 saturated carbocycles. The van der Waals surface area contributed by atoms with Gasteiger partial charge in [-0.2, -0.15) is 0 Å². The second-order valence-electron chi connectivity index (χ2n) is 9.89. The highest BCUT2D eigenvalue weighted by molar-refractivity contribution is 8.00. The molecule has 0 radical (unpaired) electrons. The number of thioether (sulfide) groups is 1. The number of allylic oxidation sites excluding steroid dienone is 1. The summed E-state index contributed by atoms with van der Waals surface area (Å²) >= 11 is 2.35. The number of nitrogens with zero attached hydrogens (tertiary/aromatic N) is 4. The molecule has 2 aliphatic heterocycles. The number of esters is 2. The number of hydrogen-bond acceptors (Lipinski definition) is 14. The lowest BCUT2D eigenvalue weighted by Gasteiger charge is -2.49. The molecule has 2 atom stereocenters. The molecule has 16 heteroatoms. The Hall–Kier alpha value is -4.44. The molecule has 2 amide bonds. The molecule has 2 aromatic heterocycles. The van der Waals surface area contributed by atoms with Crippen molar-refractivity contribution >= 4 is 57.7 Å². The fraction of sp³-hybridized carbons (Fsp3) is 0.346. The number of ether oxygens (including phenoxy) is 3. The molecule has 14 nitrogen and oxygen atoms in total. The van der Waals surface area contributed by atoms with Gasteiger partial charge in [-0.3, -0.25) is 24.3 Å². The molecule has 0 bridgehead atoms. The molecule has 4 rings (SSSR count). The second kappa shape index (κ2) is 13.0. The number of nitrogen functional groups attached to an aromatic ring is 1. The number of β-lactam (4-membered cyclic amide) rings is 1. The van der Waals surface area contributed by atoms with Gasteiger partial charge in [-0.25, -0.2) is 9.78 Å². The number of aromatic nitrogens is 2. The number of nitrogens with one attached hydrogen (secondary N) is 1. The minimum atomic E-state index is -1.03. The Bertz CT molecular complexity index is 1450. The summed E-state index contributed by atoms with van der Waals surface area (Å²) in [5.41, 5.74) is 4.84. The lowest BCUT2D eigenvalue weighted by Crippen LogP contribution is -2.71. The maximum Gasteiger partial charge on any atom is 0.358 e. The topological polar surface area (TPSA) is 196 Å². The van der Waals surface area contributed by atoms with Crippen LogP contribution in [-0.4, -0.2) is 80.1 Å². The number of anilines is 1. The van der Waals surface area contributed by atoms with Crippen molar-refractivity contribution in [1.29, 1.82) is 0 Å². The van der Waals surface area contributed by atoms with E-state index in [2.05, 4.69) is 20.4 Å². The van der Waals surface area contributed by atoms with Gasteiger partial charge in [0.2, 0.25) is 6.79 Å². The lowest BCUT2D eigenvalue weighted by atomic mass is 9.98. The van der Waals surface area contributed by atoms with Crippen LogP contribution in [0.2, 0.25) is 0 Å². The van der Waals surface area contributed by atoms with Crippen LogP contribution < -0.4 is 15.8 Å². The van der Waals surface area contributed by atoms with Gasteiger partial charge in [-0.1, -0.05) is 11.2 Å². The van der Waals surface area contributed by atoms with Crippen molar-refractivity contribution in [3.63, 3.8) is 0 Å². The largest absolute Gasteiger partial charge is 0.488 e. The molecule has 2 aliphatic rings. The van der Waals surface area contributed by atoms with Gasteiger partial charge in [-0.05, 0) is 44.6 Å². The van der Waals surface area contributed by atoms with Crippen LogP contribution in [-0.2, 0) is 28.7 Å². The first-order valence-electron chi connectivity index (χ1n) is 12.5. The van der Waals surface area contributed by atoms with Crippen LogP contribution in [0.3, 0.4) is 0 Å². The first-order valence-corrected chi connectivity index (χ1v) is 14.4. The molecule has 0 aliphatic carbocycles. The van der Waals surface area contributed by atoms with E-state index in [0.29, 0.717) is 11.3 Å². The molecule has 4 heterocycles. The molecule has 0 spiro atoms. The summed E-state index contributed by atoms with van der Waals surface area (Å²) < 4.78 is 15.9. The third-order valence-corrected chi connectivity index (χ3v) is 7.83. The molecular formula is C26H28N6O8S2. The van der Waals surface area contributed by atoms with Crippen LogP contribution in [0.5, 0.6) is 5.75 Å². The van der Waals surface area contributed by atoms with Crippen LogP contribution in [0.1, 0.15) is 26.5 Å². The van der Waals surface area contributed by atoms with E-state index in [1.54, 1.807) is 57.4 Å². The number of hydrogen-bond donors (Lipinski definition) is 3. The summed E-state index contributed by atoms with van der Waals surface area (Å²) in [7, 11) is 0. The number of carbonyl (C=O) groups is 4. The third-order valence-electron chi connectivity index (χ3n) is 5.85. The van der Waals surface area contributed by atoms with E-state index in [1.807, 2.05) is 0 Å². The Labute approximate surface area is 248 Å². The zero-order valence-electron chi connectivity index (χ0n) is 22.8. The predicted molar refractivity (Wildman–Crippen MR) is 152 cm³/mol. The number of pyridine rings is 1. The average molecular weight is 617 g/mol. The Morgan fingerprint density at radius 3 is 2.74 bits per heavy atom. The van der Waals surface area contributed by atoms with E-state index in [0.717, 1.165) is 11.3 Å². The maximum atomic E-state index is 13.3. The first kappa shape index (κ1) is 30.5. The Morgan fingerprint density at radius 2 is 2.10 bits per heavy atom. The van der Waals surface area contributed by atoms with Crippen molar-refractivity contribution in [2.24, 2.45) is 10.6 Å². The van der Waals surface area contributed by atoms with Crippen LogP contribution in [0.15, 0.2) is 58.5 Å². The van der Waals surface area contributed by atoms with E-state index >= 15 is 0 Å². The summed E-state index contributed by atoms with van der Waals surface area (Å²) in [5, 5.41) is 15.9. The number of thiazole rings is 1. The quantitative estimate of drug-likeness (QED) is 0.0874. The van der Waals surface area contributed by atoms with E-state index in [4.69, 9.17) is 19.9 Å². The van der Waals surface area contributed by atoms with Gasteiger partial charge in [0.05, 0.1) is 11.6 Å². The standard InChI is InChI=1S/C26H28N6O8S2/c1-26(2,3)24(36)40-13-39-23(35)19-14(6-5-9-38-15-7-4-8-28-10-15)11-41-22-18(21(34)32(19)22)30-20(33)17(31-37)16-12-42-25(27)29-16/h4-8,10,12,18,22,37H,9,11,13H2,1-3H3,(H2,27,29)(H,30,33)/b6-5-,31-17?/t18-,22-/m1/s1. The fourth-order valence-electron chi connectivity index (χ4n) is 3.77. The zero-order valence-corrected chi connectivity index (χ0v) is 24.4. The Morgan fingerprint density at radius 1 is 1.31 bits per heavy atom. The summed E-state index contributed by atoms with van der Waals surface area (Å²) in [6.45, 7) is 4.48. The van der Waals surface area contributed by atoms with E-state index in [9.17, 15) is 24.4 Å². The Kier molecular flexibility index (Phi) is 9.47. The molecule has 222 valence electrons. The molecule has 0 aromatic carbocycles. The minimum Gasteiger partial charge on any atom is -0.488 e. The monoisotopic (exact) mass is 616 g/mol. The van der Waals surface area contributed by atoms with Crippen LogP contribution >= 0.6 is 23.1 Å². The SMILES string of the molecule is CC(C)(C)C(=O)OCOC(=O)C1=C(/C=C\COc2cccnc2)CS[C@@H]2[C@H](NC(=O)C(=NO)c3csc(N)n3)C(=O)N12. The van der Waals surface area contributed by atoms with Gasteiger partial charge >= 0.3 is 11.9 Å². The van der Waals surface area contributed by atoms with E-state index in [-0.39, 0.29) is 28.9 Å². The van der Waals surface area contributed by atoms with Crippen molar-refractivity contribution in [2.45, 2.75) is 32.2 Å². The normalized spacial score (nSPS) is 18.8. The number of rotatable bonds is 10. The smallest absolute Gasteiger partial charge is 0.358 e. The highest BCUT2D eigenvalue weighted by Crippen LogP contribution is 2.41. The second-order valence-corrected chi connectivity index (χ2v) is 11.9. The maximum absolute atomic E-state index is 13.3. The van der Waals surface area contributed by atoms with Crippen molar-refractivity contribution < 1.29 is 38.6 Å². The molecule has 1 saturated heterocycles. The van der Waals surface area contributed by atoms with Crippen LogP contribution in [0.25, 0.3) is 0 Å². The number of carbonyl (C=O) groups excluding carboxylic acids is 4. The van der Waals surface area contributed by atoms with Crippen molar-refractivity contribution in [1.82, 2.24) is 20.2 Å². The molecule has 4 N–H and O–H groups in total. The van der Waals surface area contributed by atoms with Gasteiger partial charge in [0, 0.05) is 17.3 Å². The van der Waals surface area contributed by atoms with Gasteiger partial charge in [-0.15, -0.1) is 23.1 Å². The van der Waals surface area contributed by atoms with Crippen molar-refractivity contribution in [2.75, 3.05) is 24.9 Å². The summed E-state index contributed by atoms with van der Waals surface area (Å²) in [4.78, 5) is 60.5. The van der Waals surface area contributed by atoms with Crippen molar-refractivity contribution in [3.8, 4) is 5.75 Å². The molecule has 1 fully saturated rings. The highest BCUT2D eigenvalue weighted by Gasteiger charge is 2.54. The third kappa shape index (κ3) is 6.88. The van der Waals surface area contributed by atoms with Gasteiger partial charge in [0.15, 0.2) is 10.8 Å². The van der Waals surface area contributed by atoms with Crippen molar-refractivity contribution in [3.05, 3.63) is 59.0 Å². The summed E-state index contributed by atoms with van der Waals surface area (Å²) in [6, 6.07) is 2.44. The summed E-state index contributed by atoms with van der Waals surface area (Å²) in [5.74, 6) is -2.06. The van der Waals surface area contributed by atoms with Crippen LogP contribution in [0.4, 0.5) is 5.13 Å². The number of amides is 2. The average Bonchev–Trinajstić information content (AvgIpc) is 3.39. The van der Waals surface area contributed by atoms with Gasteiger partial charge in [0.25, 0.3) is 11.8 Å². The molecular weight excluding hydrogens is 588 g/mol. The molecule has 0 unspecified atom stereocenters. The number of oxime groups is 1. The number of nitrogens with two attached hydrogens (primary N) is 1. The van der Waals surface area contributed by atoms with E-state index < -0.39 is 53.1 Å². The van der Waals surface area contributed by atoms with E-state index in [1.165, 1.54) is 22.0 Å².